The smallest absolute Gasteiger partial charge is 0.239 e. The second-order valence-corrected chi connectivity index (χ2v) is 8.69. The zero-order valence-corrected chi connectivity index (χ0v) is 18.0. The van der Waals surface area contributed by atoms with E-state index >= 15 is 0 Å². The Balaban J connectivity index is 1.45. The van der Waals surface area contributed by atoms with Gasteiger partial charge in [-0.15, -0.1) is 0 Å². The summed E-state index contributed by atoms with van der Waals surface area (Å²) in [7, 11) is 0. The summed E-state index contributed by atoms with van der Waals surface area (Å²) in [5, 5.41) is 4.13. The predicted molar refractivity (Wildman–Crippen MR) is 120 cm³/mol. The van der Waals surface area contributed by atoms with Gasteiger partial charge in [0.1, 0.15) is 11.6 Å². The van der Waals surface area contributed by atoms with Crippen LogP contribution in [0, 0.1) is 6.92 Å². The molecule has 1 aliphatic rings. The average Bonchev–Trinajstić information content (AvgIpc) is 3.22. The van der Waals surface area contributed by atoms with E-state index in [9.17, 15) is 4.79 Å². The minimum atomic E-state index is -0.452. The number of hydrogen-bond donors (Lipinski definition) is 2. The van der Waals surface area contributed by atoms with E-state index in [2.05, 4.69) is 27.4 Å². The number of likely N-dealkylation sites (tertiary alicyclic amines) is 1. The maximum atomic E-state index is 12.1. The maximum absolute atomic E-state index is 12.1. The Morgan fingerprint density at radius 1 is 1.23 bits per heavy atom. The summed E-state index contributed by atoms with van der Waals surface area (Å²) in [6.07, 6.45) is 3.57. The molecule has 1 fully saturated rings. The number of nitrogens with two attached hydrogens (primary N) is 1. The molecule has 2 aromatic heterocycles. The number of anilines is 2. The molecule has 8 heteroatoms. The molecule has 0 saturated carbocycles. The normalized spacial score (nSPS) is 15.8. The van der Waals surface area contributed by atoms with Crippen molar-refractivity contribution >= 4 is 28.2 Å². The lowest BCUT2D eigenvalue weighted by atomic mass is 9.95. The summed E-state index contributed by atoms with van der Waals surface area (Å²) < 4.78 is 0. The Morgan fingerprint density at radius 2 is 1.97 bits per heavy atom. The highest BCUT2D eigenvalue weighted by molar-refractivity contribution is 7.18. The largest absolute Gasteiger partial charge is 0.341 e. The molecule has 30 heavy (non-hydrogen) atoms. The van der Waals surface area contributed by atoms with Gasteiger partial charge in [0.15, 0.2) is 5.13 Å². The van der Waals surface area contributed by atoms with Crippen LogP contribution in [-0.2, 0) is 4.79 Å². The van der Waals surface area contributed by atoms with Gasteiger partial charge < -0.3 is 16.0 Å². The molecule has 0 aliphatic carbocycles. The number of amides is 1. The highest BCUT2D eigenvalue weighted by Gasteiger charge is 2.27. The molecule has 1 saturated heterocycles. The summed E-state index contributed by atoms with van der Waals surface area (Å²) in [5.41, 5.74) is 7.80. The highest BCUT2D eigenvalue weighted by atomic mass is 32.1. The van der Waals surface area contributed by atoms with Crippen molar-refractivity contribution in [1.82, 2.24) is 19.9 Å². The molecule has 0 radical (unpaired) electrons. The molecule has 1 aliphatic heterocycles. The molecular formula is C22H26N6OS. The van der Waals surface area contributed by atoms with Gasteiger partial charge in [-0.2, -0.15) is 0 Å². The van der Waals surface area contributed by atoms with Crippen LogP contribution >= 0.6 is 11.3 Å². The van der Waals surface area contributed by atoms with Crippen molar-refractivity contribution in [3.05, 3.63) is 54.1 Å². The van der Waals surface area contributed by atoms with E-state index in [4.69, 9.17) is 10.7 Å². The molecule has 3 heterocycles. The number of aryl methyl sites for hydroxylation is 1. The fourth-order valence-corrected chi connectivity index (χ4v) is 4.49. The van der Waals surface area contributed by atoms with E-state index in [0.717, 1.165) is 45.7 Å². The van der Waals surface area contributed by atoms with Crippen molar-refractivity contribution in [2.24, 2.45) is 5.73 Å². The van der Waals surface area contributed by atoms with Gasteiger partial charge in [-0.1, -0.05) is 41.7 Å². The molecule has 0 bridgehead atoms. The van der Waals surface area contributed by atoms with Crippen molar-refractivity contribution in [2.45, 2.75) is 38.6 Å². The molecule has 3 N–H and O–H groups in total. The second kappa shape index (κ2) is 8.89. The Kier molecular flexibility index (Phi) is 6.06. The van der Waals surface area contributed by atoms with E-state index in [1.165, 1.54) is 0 Å². The Morgan fingerprint density at radius 3 is 2.67 bits per heavy atom. The molecule has 1 atom stereocenters. The van der Waals surface area contributed by atoms with Crippen molar-refractivity contribution in [2.75, 3.05) is 18.4 Å². The zero-order chi connectivity index (χ0) is 21.1. The van der Waals surface area contributed by atoms with Crippen molar-refractivity contribution in [1.29, 1.82) is 0 Å². The van der Waals surface area contributed by atoms with E-state index in [1.54, 1.807) is 18.3 Å². The number of carbonyl (C=O) groups is 1. The standard InChI is InChI=1S/C22H26N6OS/c1-14-12-19(27-22-24-13-18(30-22)16-6-4-3-5-7-16)26-20(25-14)17-8-10-28(11-9-17)21(29)15(2)23/h3-7,12-13,15,17H,8-11,23H2,1-2H3,(H,24,25,26,27)/t15-/m1/s1. The molecule has 156 valence electrons. The first-order valence-electron chi connectivity index (χ1n) is 10.2. The van der Waals surface area contributed by atoms with E-state index < -0.39 is 6.04 Å². The summed E-state index contributed by atoms with van der Waals surface area (Å²) in [6.45, 7) is 5.09. The van der Waals surface area contributed by atoms with E-state index in [-0.39, 0.29) is 11.8 Å². The van der Waals surface area contributed by atoms with Gasteiger partial charge >= 0.3 is 0 Å². The van der Waals surface area contributed by atoms with Crippen LogP contribution in [0.1, 0.15) is 37.2 Å². The Bertz CT molecular complexity index is 1010. The maximum Gasteiger partial charge on any atom is 0.239 e. The van der Waals surface area contributed by atoms with Gasteiger partial charge in [0.2, 0.25) is 5.91 Å². The predicted octanol–water partition coefficient (Wildman–Crippen LogP) is 3.71. The molecule has 0 unspecified atom stereocenters. The van der Waals surface area contributed by atoms with Gasteiger partial charge in [0, 0.05) is 37.0 Å². The third-order valence-corrected chi connectivity index (χ3v) is 6.19. The van der Waals surface area contributed by atoms with Crippen molar-refractivity contribution < 1.29 is 4.79 Å². The van der Waals surface area contributed by atoms with Crippen LogP contribution in [-0.4, -0.2) is 44.9 Å². The first-order valence-corrected chi connectivity index (χ1v) is 11.0. The third kappa shape index (κ3) is 4.66. The topological polar surface area (TPSA) is 97.0 Å². The summed E-state index contributed by atoms with van der Waals surface area (Å²) >= 11 is 1.60. The van der Waals surface area contributed by atoms with Crippen LogP contribution in [0.2, 0.25) is 0 Å². The van der Waals surface area contributed by atoms with Crippen LogP contribution in [0.5, 0.6) is 0 Å². The van der Waals surface area contributed by atoms with Gasteiger partial charge in [0.25, 0.3) is 0 Å². The lowest BCUT2D eigenvalue weighted by molar-refractivity contribution is -0.133. The average molecular weight is 423 g/mol. The van der Waals surface area contributed by atoms with Crippen LogP contribution in [0.3, 0.4) is 0 Å². The number of piperidine rings is 1. The minimum absolute atomic E-state index is 0.0129. The zero-order valence-electron chi connectivity index (χ0n) is 17.2. The Hall–Kier alpha value is -2.84. The van der Waals surface area contributed by atoms with Gasteiger partial charge in [-0.05, 0) is 32.3 Å². The fourth-order valence-electron chi connectivity index (χ4n) is 3.66. The number of hydrogen-bond acceptors (Lipinski definition) is 7. The first kappa shape index (κ1) is 20.4. The third-order valence-electron chi connectivity index (χ3n) is 5.23. The van der Waals surface area contributed by atoms with Gasteiger partial charge in [-0.25, -0.2) is 15.0 Å². The van der Waals surface area contributed by atoms with E-state index in [0.29, 0.717) is 13.1 Å². The molecule has 0 spiro atoms. The number of thiazole rings is 1. The van der Waals surface area contributed by atoms with Crippen molar-refractivity contribution in [3.8, 4) is 10.4 Å². The van der Waals surface area contributed by atoms with Crippen molar-refractivity contribution in [3.63, 3.8) is 0 Å². The SMILES string of the molecule is Cc1cc(Nc2ncc(-c3ccccc3)s2)nc(C2CCN(C(=O)[C@@H](C)N)CC2)n1. The fraction of sp³-hybridized carbons (Fsp3) is 0.364. The molecular weight excluding hydrogens is 396 g/mol. The minimum Gasteiger partial charge on any atom is -0.341 e. The lowest BCUT2D eigenvalue weighted by Crippen LogP contribution is -2.45. The first-order chi connectivity index (χ1) is 14.5. The molecule has 7 nitrogen and oxygen atoms in total. The molecule has 3 aromatic rings. The van der Waals surface area contributed by atoms with Crippen LogP contribution in [0.4, 0.5) is 10.9 Å². The molecule has 1 amide bonds. The van der Waals surface area contributed by atoms with Gasteiger partial charge in [-0.3, -0.25) is 4.79 Å². The number of rotatable bonds is 5. The number of carbonyl (C=O) groups excluding carboxylic acids is 1. The molecule has 4 rings (SSSR count). The Labute approximate surface area is 180 Å². The summed E-state index contributed by atoms with van der Waals surface area (Å²) in [6, 6.07) is 11.7. The van der Waals surface area contributed by atoms with E-state index in [1.807, 2.05) is 42.3 Å². The number of benzene rings is 1. The lowest BCUT2D eigenvalue weighted by Gasteiger charge is -2.32. The van der Waals surface area contributed by atoms with Crippen LogP contribution < -0.4 is 11.1 Å². The number of nitrogens with one attached hydrogen (secondary N) is 1. The molecule has 1 aromatic carbocycles. The monoisotopic (exact) mass is 422 g/mol. The highest BCUT2D eigenvalue weighted by Crippen LogP contribution is 2.31. The quantitative estimate of drug-likeness (QED) is 0.651. The van der Waals surface area contributed by atoms with Crippen LogP contribution in [0.25, 0.3) is 10.4 Å². The van der Waals surface area contributed by atoms with Gasteiger partial charge in [0.05, 0.1) is 10.9 Å². The summed E-state index contributed by atoms with van der Waals surface area (Å²) in [4.78, 5) is 29.0. The number of nitrogens with zero attached hydrogens (tertiary/aromatic N) is 4. The van der Waals surface area contributed by atoms with Crippen LogP contribution in [0.15, 0.2) is 42.6 Å². The summed E-state index contributed by atoms with van der Waals surface area (Å²) in [5.74, 6) is 1.82. The second-order valence-electron chi connectivity index (χ2n) is 7.66. The number of aromatic nitrogens is 3.